The third kappa shape index (κ3) is 4.71. The van der Waals surface area contributed by atoms with E-state index in [1.807, 2.05) is 19.1 Å². The molecular weight excluding hydrogens is 364 g/mol. The Morgan fingerprint density at radius 2 is 1.59 bits per heavy atom. The van der Waals surface area contributed by atoms with Gasteiger partial charge in [0.15, 0.2) is 0 Å². The quantitative estimate of drug-likeness (QED) is 0.839. The summed E-state index contributed by atoms with van der Waals surface area (Å²) in [7, 11) is 0. The van der Waals surface area contributed by atoms with Crippen molar-refractivity contribution < 1.29 is 9.59 Å². The highest BCUT2D eigenvalue weighted by atomic mass is 35.5. The second-order valence-electron chi connectivity index (χ2n) is 6.55. The van der Waals surface area contributed by atoms with E-state index in [4.69, 9.17) is 11.6 Å². The fourth-order valence-corrected chi connectivity index (χ4v) is 3.34. The van der Waals surface area contributed by atoms with Gasteiger partial charge in [0.1, 0.15) is 0 Å². The lowest BCUT2D eigenvalue weighted by atomic mass is 10.1. The summed E-state index contributed by atoms with van der Waals surface area (Å²) >= 11 is 6.22. The predicted octanol–water partition coefficient (Wildman–Crippen LogP) is 3.96. The Bertz CT molecular complexity index is 848. The number of carbonyl (C=O) groups excluding carboxylic acids is 2. The van der Waals surface area contributed by atoms with Crippen LogP contribution in [0.4, 0.5) is 21.9 Å². The highest BCUT2D eigenvalue weighted by molar-refractivity contribution is 6.31. The zero-order chi connectivity index (χ0) is 19.4. The number of carbonyl (C=O) groups is 2. The molecule has 1 aliphatic heterocycles. The fraction of sp³-hybridized carbons (Fsp3) is 0.300. The van der Waals surface area contributed by atoms with Gasteiger partial charge in [0.2, 0.25) is 5.91 Å². The number of amides is 3. The standard InChI is InChI=1S/C20H23ClN4O2/c1-14-18(21)7-4-8-19(14)24-9-11-25(12-10-24)20(27)23-17-6-3-5-16(13-17)22-15(2)26/h3-8,13H,9-12H2,1-2H3,(H,22,26)(H,23,27). The molecule has 0 aromatic heterocycles. The Labute approximate surface area is 164 Å². The highest BCUT2D eigenvalue weighted by Gasteiger charge is 2.22. The van der Waals surface area contributed by atoms with Gasteiger partial charge in [0.05, 0.1) is 0 Å². The van der Waals surface area contributed by atoms with Gasteiger partial charge in [0, 0.05) is 55.2 Å². The zero-order valence-corrected chi connectivity index (χ0v) is 16.2. The van der Waals surface area contributed by atoms with Crippen LogP contribution in [0.25, 0.3) is 0 Å². The monoisotopic (exact) mass is 386 g/mol. The number of anilines is 3. The molecule has 2 N–H and O–H groups in total. The van der Waals surface area contributed by atoms with E-state index >= 15 is 0 Å². The van der Waals surface area contributed by atoms with Crippen LogP contribution in [-0.2, 0) is 4.79 Å². The van der Waals surface area contributed by atoms with Crippen molar-refractivity contribution >= 4 is 40.6 Å². The van der Waals surface area contributed by atoms with Crippen LogP contribution in [0.1, 0.15) is 12.5 Å². The summed E-state index contributed by atoms with van der Waals surface area (Å²) in [4.78, 5) is 27.8. The summed E-state index contributed by atoms with van der Waals surface area (Å²) in [5, 5.41) is 6.36. The molecule has 0 radical (unpaired) electrons. The van der Waals surface area contributed by atoms with Crippen molar-refractivity contribution in [2.24, 2.45) is 0 Å². The summed E-state index contributed by atoms with van der Waals surface area (Å²) in [6, 6.07) is 12.9. The van der Waals surface area contributed by atoms with E-state index in [0.717, 1.165) is 29.4 Å². The van der Waals surface area contributed by atoms with E-state index in [1.54, 1.807) is 29.2 Å². The number of nitrogens with zero attached hydrogens (tertiary/aromatic N) is 2. The molecule has 0 atom stereocenters. The van der Waals surface area contributed by atoms with Crippen molar-refractivity contribution in [3.05, 3.63) is 53.1 Å². The molecular formula is C20H23ClN4O2. The van der Waals surface area contributed by atoms with E-state index in [1.165, 1.54) is 6.92 Å². The van der Waals surface area contributed by atoms with Gasteiger partial charge >= 0.3 is 6.03 Å². The highest BCUT2D eigenvalue weighted by Crippen LogP contribution is 2.27. The third-order valence-electron chi connectivity index (χ3n) is 4.58. The second kappa shape index (κ2) is 8.31. The minimum Gasteiger partial charge on any atom is -0.368 e. The molecule has 27 heavy (non-hydrogen) atoms. The second-order valence-corrected chi connectivity index (χ2v) is 6.96. The first kappa shape index (κ1) is 19.0. The summed E-state index contributed by atoms with van der Waals surface area (Å²) in [6.07, 6.45) is 0. The van der Waals surface area contributed by atoms with Gasteiger partial charge in [0.25, 0.3) is 0 Å². The first-order chi connectivity index (χ1) is 12.9. The van der Waals surface area contributed by atoms with Gasteiger partial charge in [-0.3, -0.25) is 4.79 Å². The van der Waals surface area contributed by atoms with Gasteiger partial charge in [-0.25, -0.2) is 4.79 Å². The van der Waals surface area contributed by atoms with Crippen molar-refractivity contribution in [1.29, 1.82) is 0 Å². The fourth-order valence-electron chi connectivity index (χ4n) is 3.17. The van der Waals surface area contributed by atoms with Crippen molar-refractivity contribution in [1.82, 2.24) is 4.90 Å². The molecule has 0 aliphatic carbocycles. The minimum atomic E-state index is -0.147. The number of piperazine rings is 1. The van der Waals surface area contributed by atoms with Crippen molar-refractivity contribution in [3.63, 3.8) is 0 Å². The molecule has 0 bridgehead atoms. The third-order valence-corrected chi connectivity index (χ3v) is 4.99. The molecule has 3 rings (SSSR count). The maximum Gasteiger partial charge on any atom is 0.321 e. The van der Waals surface area contributed by atoms with E-state index in [2.05, 4.69) is 21.6 Å². The molecule has 142 valence electrons. The van der Waals surface area contributed by atoms with Gasteiger partial charge in [-0.1, -0.05) is 23.7 Å². The molecule has 3 amide bonds. The molecule has 0 saturated carbocycles. The summed E-state index contributed by atoms with van der Waals surface area (Å²) in [5.41, 5.74) is 3.48. The van der Waals surface area contributed by atoms with Crippen LogP contribution in [0, 0.1) is 6.92 Å². The number of halogens is 1. The predicted molar refractivity (Wildman–Crippen MR) is 110 cm³/mol. The first-order valence-electron chi connectivity index (χ1n) is 8.87. The van der Waals surface area contributed by atoms with Crippen LogP contribution >= 0.6 is 11.6 Å². The number of hydrogen-bond acceptors (Lipinski definition) is 3. The van der Waals surface area contributed by atoms with Gasteiger partial charge in [-0.2, -0.15) is 0 Å². The minimum absolute atomic E-state index is 0.141. The Morgan fingerprint density at radius 3 is 2.26 bits per heavy atom. The SMILES string of the molecule is CC(=O)Nc1cccc(NC(=O)N2CCN(c3cccc(Cl)c3C)CC2)c1. The van der Waals surface area contributed by atoms with Crippen LogP contribution in [0.2, 0.25) is 5.02 Å². The average Bonchev–Trinajstić information content (AvgIpc) is 2.64. The van der Waals surface area contributed by atoms with E-state index in [-0.39, 0.29) is 11.9 Å². The largest absolute Gasteiger partial charge is 0.368 e. The topological polar surface area (TPSA) is 64.7 Å². The van der Waals surface area contributed by atoms with Gasteiger partial charge < -0.3 is 20.4 Å². The summed E-state index contributed by atoms with van der Waals surface area (Å²) < 4.78 is 0. The van der Waals surface area contributed by atoms with Crippen molar-refractivity contribution in [2.75, 3.05) is 41.7 Å². The smallest absolute Gasteiger partial charge is 0.321 e. The van der Waals surface area contributed by atoms with Crippen molar-refractivity contribution in [2.45, 2.75) is 13.8 Å². The lowest BCUT2D eigenvalue weighted by Gasteiger charge is -2.36. The number of nitrogens with one attached hydrogen (secondary N) is 2. The van der Waals surface area contributed by atoms with Crippen LogP contribution < -0.4 is 15.5 Å². The lowest BCUT2D eigenvalue weighted by Crippen LogP contribution is -2.50. The van der Waals surface area contributed by atoms with Crippen LogP contribution in [-0.4, -0.2) is 43.0 Å². The molecule has 1 saturated heterocycles. The average molecular weight is 387 g/mol. The van der Waals surface area contributed by atoms with Gasteiger partial charge in [-0.05, 0) is 42.8 Å². The number of urea groups is 1. The first-order valence-corrected chi connectivity index (χ1v) is 9.25. The molecule has 2 aromatic rings. The Hall–Kier alpha value is -2.73. The van der Waals surface area contributed by atoms with E-state index in [0.29, 0.717) is 24.5 Å². The number of benzene rings is 2. The van der Waals surface area contributed by atoms with Crippen LogP contribution in [0.3, 0.4) is 0 Å². The summed E-state index contributed by atoms with van der Waals surface area (Å²) in [6.45, 7) is 6.22. The maximum absolute atomic E-state index is 12.6. The maximum atomic E-state index is 12.6. The van der Waals surface area contributed by atoms with E-state index < -0.39 is 0 Å². The van der Waals surface area contributed by atoms with E-state index in [9.17, 15) is 9.59 Å². The Kier molecular flexibility index (Phi) is 5.86. The molecule has 1 fully saturated rings. The van der Waals surface area contributed by atoms with Gasteiger partial charge in [-0.15, -0.1) is 0 Å². The van der Waals surface area contributed by atoms with Crippen LogP contribution in [0.15, 0.2) is 42.5 Å². The normalized spacial score (nSPS) is 14.0. The molecule has 0 unspecified atom stereocenters. The molecule has 1 heterocycles. The van der Waals surface area contributed by atoms with Crippen LogP contribution in [0.5, 0.6) is 0 Å². The van der Waals surface area contributed by atoms with Crippen molar-refractivity contribution in [3.8, 4) is 0 Å². The Balaban J connectivity index is 1.59. The molecule has 0 spiro atoms. The molecule has 1 aliphatic rings. The summed E-state index contributed by atoms with van der Waals surface area (Å²) in [5.74, 6) is -0.147. The molecule has 6 nitrogen and oxygen atoms in total. The Morgan fingerprint density at radius 1 is 0.963 bits per heavy atom. The number of rotatable bonds is 3. The lowest BCUT2D eigenvalue weighted by molar-refractivity contribution is -0.114. The zero-order valence-electron chi connectivity index (χ0n) is 15.5. The molecule has 7 heteroatoms. The molecule has 2 aromatic carbocycles. The number of hydrogen-bond donors (Lipinski definition) is 2.